The van der Waals surface area contributed by atoms with Crippen molar-refractivity contribution in [2.24, 2.45) is 11.7 Å². The summed E-state index contributed by atoms with van der Waals surface area (Å²) in [6.07, 6.45) is 0.971. The fraction of sp³-hybridized carbons (Fsp3) is 0.500. The third kappa shape index (κ3) is 3.42. The normalized spacial score (nSPS) is 19.1. The summed E-state index contributed by atoms with van der Waals surface area (Å²) < 4.78 is 5.45. The zero-order chi connectivity index (χ0) is 16.3. The van der Waals surface area contributed by atoms with Crippen LogP contribution in [-0.2, 0) is 10.3 Å². The maximum Gasteiger partial charge on any atom is 0.0594 e. The smallest absolute Gasteiger partial charge is 0.0594 e. The zero-order valence-corrected chi connectivity index (χ0v) is 14.3. The van der Waals surface area contributed by atoms with Gasteiger partial charge >= 0.3 is 0 Å². The van der Waals surface area contributed by atoms with Gasteiger partial charge in [0.25, 0.3) is 0 Å². The summed E-state index contributed by atoms with van der Waals surface area (Å²) in [5.41, 5.74) is 7.96. The Labute approximate surface area is 139 Å². The van der Waals surface area contributed by atoms with Crippen LogP contribution in [0.2, 0.25) is 0 Å². The molecular formula is C20H28N2O. The molecule has 1 aliphatic rings. The number of benzene rings is 2. The quantitative estimate of drug-likeness (QED) is 0.920. The van der Waals surface area contributed by atoms with Crippen molar-refractivity contribution >= 4 is 10.8 Å². The Morgan fingerprint density at radius 1 is 1.09 bits per heavy atom. The molecule has 3 heteroatoms. The van der Waals surface area contributed by atoms with E-state index in [1.165, 1.54) is 16.3 Å². The van der Waals surface area contributed by atoms with E-state index in [9.17, 15) is 0 Å². The minimum absolute atomic E-state index is 0.306. The van der Waals surface area contributed by atoms with Crippen LogP contribution >= 0.6 is 0 Å². The molecule has 0 radical (unpaired) electrons. The second kappa shape index (κ2) is 7.00. The molecule has 1 heterocycles. The first-order valence-corrected chi connectivity index (χ1v) is 8.68. The highest BCUT2D eigenvalue weighted by Crippen LogP contribution is 2.35. The second-order valence-corrected chi connectivity index (χ2v) is 6.93. The summed E-state index contributed by atoms with van der Waals surface area (Å²) in [6.45, 7) is 9.22. The summed E-state index contributed by atoms with van der Waals surface area (Å²) in [5.74, 6) is 0.384. The largest absolute Gasteiger partial charge is 0.379 e. The molecule has 0 aromatic heterocycles. The van der Waals surface area contributed by atoms with Crippen LogP contribution < -0.4 is 5.73 Å². The number of nitrogens with zero attached hydrogens (tertiary/aromatic N) is 1. The molecule has 2 aromatic rings. The van der Waals surface area contributed by atoms with Crippen LogP contribution in [0.5, 0.6) is 0 Å². The van der Waals surface area contributed by atoms with Crippen LogP contribution in [0.25, 0.3) is 10.8 Å². The Morgan fingerprint density at radius 3 is 2.52 bits per heavy atom. The lowest BCUT2D eigenvalue weighted by molar-refractivity contribution is 0.0329. The van der Waals surface area contributed by atoms with Gasteiger partial charge in [-0.15, -0.1) is 0 Å². The fourth-order valence-electron chi connectivity index (χ4n) is 3.53. The predicted molar refractivity (Wildman–Crippen MR) is 96.5 cm³/mol. The van der Waals surface area contributed by atoms with Gasteiger partial charge in [-0.3, -0.25) is 4.90 Å². The number of morpholine rings is 1. The van der Waals surface area contributed by atoms with Crippen molar-refractivity contribution in [1.82, 2.24) is 4.90 Å². The third-order valence-electron chi connectivity index (χ3n) is 5.27. The van der Waals surface area contributed by atoms with Gasteiger partial charge in [-0.2, -0.15) is 0 Å². The highest BCUT2D eigenvalue weighted by Gasteiger charge is 2.33. The Morgan fingerprint density at radius 2 is 1.78 bits per heavy atom. The zero-order valence-electron chi connectivity index (χ0n) is 14.3. The Kier molecular flexibility index (Phi) is 5.00. The first-order chi connectivity index (χ1) is 11.1. The van der Waals surface area contributed by atoms with E-state index in [2.05, 4.69) is 61.2 Å². The van der Waals surface area contributed by atoms with Crippen LogP contribution in [0, 0.1) is 5.92 Å². The van der Waals surface area contributed by atoms with E-state index >= 15 is 0 Å². The van der Waals surface area contributed by atoms with Crippen LogP contribution in [-0.4, -0.2) is 37.7 Å². The van der Waals surface area contributed by atoms with Gasteiger partial charge < -0.3 is 10.5 Å². The maximum atomic E-state index is 6.99. The van der Waals surface area contributed by atoms with Crippen molar-refractivity contribution in [2.75, 3.05) is 32.8 Å². The predicted octanol–water partition coefficient (Wildman–Crippen LogP) is 3.37. The minimum atomic E-state index is -0.306. The van der Waals surface area contributed by atoms with E-state index in [1.54, 1.807) is 0 Å². The Bertz CT molecular complexity index is 644. The van der Waals surface area contributed by atoms with Gasteiger partial charge in [-0.05, 0) is 28.7 Å². The standard InChI is InChI=1S/C20H28N2O/c1-16(2)20(21,10-11-22-12-14-23-15-13-22)19-9-5-7-17-6-3-4-8-18(17)19/h3-9,16H,10-15,21H2,1-2H3. The molecule has 1 aliphatic heterocycles. The Hall–Kier alpha value is -1.42. The van der Waals surface area contributed by atoms with E-state index in [0.29, 0.717) is 5.92 Å². The summed E-state index contributed by atoms with van der Waals surface area (Å²) in [4.78, 5) is 2.47. The number of hydrogen-bond donors (Lipinski definition) is 1. The molecule has 0 amide bonds. The lowest BCUT2D eigenvalue weighted by atomic mass is 9.76. The number of hydrogen-bond acceptors (Lipinski definition) is 3. The van der Waals surface area contributed by atoms with Gasteiger partial charge in [-0.25, -0.2) is 0 Å². The third-order valence-corrected chi connectivity index (χ3v) is 5.27. The second-order valence-electron chi connectivity index (χ2n) is 6.93. The van der Waals surface area contributed by atoms with Crippen LogP contribution in [0.3, 0.4) is 0 Å². The number of nitrogens with two attached hydrogens (primary N) is 1. The molecule has 0 aliphatic carbocycles. The number of rotatable bonds is 5. The van der Waals surface area contributed by atoms with E-state index in [4.69, 9.17) is 10.5 Å². The molecule has 2 N–H and O–H groups in total. The van der Waals surface area contributed by atoms with Gasteiger partial charge in [0.15, 0.2) is 0 Å². The highest BCUT2D eigenvalue weighted by molar-refractivity contribution is 5.86. The molecule has 1 saturated heterocycles. The average Bonchev–Trinajstić information content (AvgIpc) is 2.60. The van der Waals surface area contributed by atoms with E-state index in [0.717, 1.165) is 39.3 Å². The first kappa shape index (κ1) is 16.4. The molecule has 0 bridgehead atoms. The average molecular weight is 312 g/mol. The molecule has 1 atom stereocenters. The minimum Gasteiger partial charge on any atom is -0.379 e. The molecule has 1 fully saturated rings. The van der Waals surface area contributed by atoms with Gasteiger partial charge in [0, 0.05) is 25.2 Å². The molecule has 23 heavy (non-hydrogen) atoms. The Balaban J connectivity index is 1.89. The summed E-state index contributed by atoms with van der Waals surface area (Å²) >= 11 is 0. The molecule has 1 unspecified atom stereocenters. The number of fused-ring (bicyclic) bond motifs is 1. The van der Waals surface area contributed by atoms with E-state index in [1.807, 2.05) is 0 Å². The van der Waals surface area contributed by atoms with Crippen LogP contribution in [0.4, 0.5) is 0 Å². The van der Waals surface area contributed by atoms with Gasteiger partial charge in [0.1, 0.15) is 0 Å². The summed E-state index contributed by atoms with van der Waals surface area (Å²) in [5, 5.41) is 2.56. The van der Waals surface area contributed by atoms with Crippen molar-refractivity contribution in [3.8, 4) is 0 Å². The van der Waals surface area contributed by atoms with Crippen LogP contribution in [0.15, 0.2) is 42.5 Å². The monoisotopic (exact) mass is 312 g/mol. The summed E-state index contributed by atoms with van der Waals surface area (Å²) in [7, 11) is 0. The molecule has 0 saturated carbocycles. The summed E-state index contributed by atoms with van der Waals surface area (Å²) in [6, 6.07) is 15.1. The van der Waals surface area contributed by atoms with Crippen molar-refractivity contribution in [2.45, 2.75) is 25.8 Å². The molecule has 3 rings (SSSR count). The van der Waals surface area contributed by atoms with Crippen molar-refractivity contribution in [3.63, 3.8) is 0 Å². The molecular weight excluding hydrogens is 284 g/mol. The first-order valence-electron chi connectivity index (χ1n) is 8.68. The van der Waals surface area contributed by atoms with Crippen molar-refractivity contribution in [3.05, 3.63) is 48.0 Å². The highest BCUT2D eigenvalue weighted by atomic mass is 16.5. The molecule has 0 spiro atoms. The van der Waals surface area contributed by atoms with E-state index < -0.39 is 0 Å². The molecule has 3 nitrogen and oxygen atoms in total. The molecule has 2 aromatic carbocycles. The van der Waals surface area contributed by atoms with Crippen LogP contribution in [0.1, 0.15) is 25.8 Å². The topological polar surface area (TPSA) is 38.5 Å². The maximum absolute atomic E-state index is 6.99. The van der Waals surface area contributed by atoms with E-state index in [-0.39, 0.29) is 5.54 Å². The lowest BCUT2D eigenvalue weighted by Gasteiger charge is -2.38. The van der Waals surface area contributed by atoms with Gasteiger partial charge in [0.2, 0.25) is 0 Å². The van der Waals surface area contributed by atoms with Gasteiger partial charge in [0.05, 0.1) is 13.2 Å². The number of ether oxygens (including phenoxy) is 1. The van der Waals surface area contributed by atoms with Crippen molar-refractivity contribution < 1.29 is 4.74 Å². The van der Waals surface area contributed by atoms with Gasteiger partial charge in [-0.1, -0.05) is 56.3 Å². The van der Waals surface area contributed by atoms with Crippen molar-refractivity contribution in [1.29, 1.82) is 0 Å². The SMILES string of the molecule is CC(C)C(N)(CCN1CCOCC1)c1cccc2ccccc12. The fourth-order valence-corrected chi connectivity index (χ4v) is 3.53. The lowest BCUT2D eigenvalue weighted by Crippen LogP contribution is -2.46. The molecule has 124 valence electrons.